The zero-order chi connectivity index (χ0) is 15.2. The number of rotatable bonds is 6. The molecule has 3 unspecified atom stereocenters. The summed E-state index contributed by atoms with van der Waals surface area (Å²) in [4.78, 5) is 11.4. The SMILES string of the molecule is CCC(NCC1CCCCC1C(=O)O)c1ccc(Br)cc1. The highest BCUT2D eigenvalue weighted by Gasteiger charge is 2.30. The van der Waals surface area contributed by atoms with Crippen molar-refractivity contribution < 1.29 is 9.90 Å². The molecule has 0 aromatic heterocycles. The molecule has 2 N–H and O–H groups in total. The topological polar surface area (TPSA) is 49.3 Å². The molecule has 1 aliphatic rings. The van der Waals surface area contributed by atoms with E-state index in [1.54, 1.807) is 0 Å². The molecule has 0 aliphatic heterocycles. The third-order valence-corrected chi connectivity index (χ3v) is 5.06. The third kappa shape index (κ3) is 4.55. The quantitative estimate of drug-likeness (QED) is 0.797. The predicted octanol–water partition coefficient (Wildman–Crippen LogP) is 4.38. The summed E-state index contributed by atoms with van der Waals surface area (Å²) in [6.07, 6.45) is 5.08. The molecule has 1 fully saturated rings. The molecule has 1 aromatic carbocycles. The van der Waals surface area contributed by atoms with Crippen LogP contribution in [0.3, 0.4) is 0 Å². The number of carboxylic acids is 1. The number of benzene rings is 1. The number of nitrogens with one attached hydrogen (secondary N) is 1. The number of carboxylic acid groups (broad SMARTS) is 1. The van der Waals surface area contributed by atoms with Crippen LogP contribution in [0.25, 0.3) is 0 Å². The van der Waals surface area contributed by atoms with E-state index in [0.717, 1.165) is 43.1 Å². The molecule has 0 saturated heterocycles. The van der Waals surface area contributed by atoms with Gasteiger partial charge in [-0.1, -0.05) is 47.8 Å². The van der Waals surface area contributed by atoms with E-state index in [1.165, 1.54) is 5.56 Å². The van der Waals surface area contributed by atoms with Gasteiger partial charge in [0.2, 0.25) is 0 Å². The Hall–Kier alpha value is -0.870. The minimum Gasteiger partial charge on any atom is -0.481 e. The molecule has 1 saturated carbocycles. The molecule has 21 heavy (non-hydrogen) atoms. The third-order valence-electron chi connectivity index (χ3n) is 4.53. The van der Waals surface area contributed by atoms with Crippen LogP contribution in [0.1, 0.15) is 50.6 Å². The summed E-state index contributed by atoms with van der Waals surface area (Å²) < 4.78 is 1.08. The highest BCUT2D eigenvalue weighted by atomic mass is 79.9. The van der Waals surface area contributed by atoms with Gasteiger partial charge in [0.1, 0.15) is 0 Å². The van der Waals surface area contributed by atoms with Gasteiger partial charge < -0.3 is 10.4 Å². The van der Waals surface area contributed by atoms with Crippen LogP contribution in [0.4, 0.5) is 0 Å². The lowest BCUT2D eigenvalue weighted by Gasteiger charge is -2.30. The first-order valence-electron chi connectivity index (χ1n) is 7.83. The molecule has 3 nitrogen and oxygen atoms in total. The number of halogens is 1. The lowest BCUT2D eigenvalue weighted by atomic mass is 9.79. The Morgan fingerprint density at radius 1 is 1.33 bits per heavy atom. The normalized spacial score (nSPS) is 23.7. The summed E-state index contributed by atoms with van der Waals surface area (Å²) in [5, 5.41) is 12.9. The van der Waals surface area contributed by atoms with Gasteiger partial charge in [0.25, 0.3) is 0 Å². The fourth-order valence-electron chi connectivity index (χ4n) is 3.26. The first-order chi connectivity index (χ1) is 10.1. The molecule has 1 aromatic rings. The average Bonchev–Trinajstić information content (AvgIpc) is 2.50. The van der Waals surface area contributed by atoms with E-state index in [0.29, 0.717) is 6.04 Å². The Morgan fingerprint density at radius 2 is 2.00 bits per heavy atom. The second-order valence-corrected chi connectivity index (χ2v) is 6.83. The van der Waals surface area contributed by atoms with Crippen molar-refractivity contribution in [2.75, 3.05) is 6.54 Å². The molecular weight excluding hydrogens is 330 g/mol. The van der Waals surface area contributed by atoms with Gasteiger partial charge in [-0.15, -0.1) is 0 Å². The first kappa shape index (κ1) is 16.5. The highest BCUT2D eigenvalue weighted by Crippen LogP contribution is 2.30. The monoisotopic (exact) mass is 353 g/mol. The zero-order valence-corrected chi connectivity index (χ0v) is 14.1. The largest absolute Gasteiger partial charge is 0.481 e. The molecule has 4 heteroatoms. The standard InChI is InChI=1S/C17H24BrNO2/c1-2-16(12-7-9-14(18)10-8-12)19-11-13-5-3-4-6-15(13)17(20)21/h7-10,13,15-16,19H,2-6,11H2,1H3,(H,20,21). The minimum absolute atomic E-state index is 0.173. The van der Waals surface area contributed by atoms with Crippen LogP contribution < -0.4 is 5.32 Å². The summed E-state index contributed by atoms with van der Waals surface area (Å²) in [5.41, 5.74) is 1.27. The maximum absolute atomic E-state index is 11.4. The predicted molar refractivity (Wildman–Crippen MR) is 88.3 cm³/mol. The second kappa shape index (κ2) is 7.95. The molecular formula is C17H24BrNO2. The van der Waals surface area contributed by atoms with Crippen LogP contribution in [0.5, 0.6) is 0 Å². The van der Waals surface area contributed by atoms with Gasteiger partial charge in [-0.05, 0) is 49.4 Å². The van der Waals surface area contributed by atoms with Gasteiger partial charge in [-0.2, -0.15) is 0 Å². The first-order valence-corrected chi connectivity index (χ1v) is 8.62. The summed E-state index contributed by atoms with van der Waals surface area (Å²) >= 11 is 3.46. The Morgan fingerprint density at radius 3 is 2.62 bits per heavy atom. The fraction of sp³-hybridized carbons (Fsp3) is 0.588. The number of hydrogen-bond donors (Lipinski definition) is 2. The Kier molecular flexibility index (Phi) is 6.24. The van der Waals surface area contributed by atoms with Crippen molar-refractivity contribution in [1.29, 1.82) is 0 Å². The minimum atomic E-state index is -0.627. The van der Waals surface area contributed by atoms with Crippen molar-refractivity contribution in [3.8, 4) is 0 Å². The molecule has 1 aliphatic carbocycles. The van der Waals surface area contributed by atoms with E-state index in [4.69, 9.17) is 0 Å². The molecule has 0 radical (unpaired) electrons. The van der Waals surface area contributed by atoms with Gasteiger partial charge >= 0.3 is 5.97 Å². The van der Waals surface area contributed by atoms with Crippen molar-refractivity contribution in [2.45, 2.75) is 45.1 Å². The van der Waals surface area contributed by atoms with E-state index in [2.05, 4.69) is 52.4 Å². The van der Waals surface area contributed by atoms with Gasteiger partial charge in [0.05, 0.1) is 5.92 Å². The molecule has 3 atom stereocenters. The van der Waals surface area contributed by atoms with Crippen molar-refractivity contribution in [2.24, 2.45) is 11.8 Å². The highest BCUT2D eigenvalue weighted by molar-refractivity contribution is 9.10. The van der Waals surface area contributed by atoms with E-state index < -0.39 is 5.97 Å². The van der Waals surface area contributed by atoms with Crippen molar-refractivity contribution in [3.05, 3.63) is 34.3 Å². The maximum Gasteiger partial charge on any atom is 0.306 e. The summed E-state index contributed by atoms with van der Waals surface area (Å²) in [5.74, 6) is -0.535. The van der Waals surface area contributed by atoms with Gasteiger partial charge in [-0.3, -0.25) is 4.79 Å². The smallest absolute Gasteiger partial charge is 0.306 e. The number of carbonyl (C=O) groups is 1. The summed E-state index contributed by atoms with van der Waals surface area (Å²) in [7, 11) is 0. The van der Waals surface area contributed by atoms with Gasteiger partial charge in [0, 0.05) is 10.5 Å². The van der Waals surface area contributed by atoms with Crippen LogP contribution in [0, 0.1) is 11.8 Å². The Balaban J connectivity index is 1.95. The van der Waals surface area contributed by atoms with E-state index >= 15 is 0 Å². The second-order valence-electron chi connectivity index (χ2n) is 5.91. The molecule has 0 spiro atoms. The van der Waals surface area contributed by atoms with Crippen molar-refractivity contribution in [3.63, 3.8) is 0 Å². The average molecular weight is 354 g/mol. The Bertz CT molecular complexity index is 460. The van der Waals surface area contributed by atoms with Crippen molar-refractivity contribution in [1.82, 2.24) is 5.32 Å². The van der Waals surface area contributed by atoms with Gasteiger partial charge in [-0.25, -0.2) is 0 Å². The van der Waals surface area contributed by atoms with Crippen LogP contribution in [0.2, 0.25) is 0 Å². The van der Waals surface area contributed by atoms with E-state index in [9.17, 15) is 9.90 Å². The lowest BCUT2D eigenvalue weighted by Crippen LogP contribution is -2.36. The van der Waals surface area contributed by atoms with E-state index in [1.807, 2.05) is 0 Å². The van der Waals surface area contributed by atoms with E-state index in [-0.39, 0.29) is 11.8 Å². The molecule has 0 amide bonds. The molecule has 2 rings (SSSR count). The lowest BCUT2D eigenvalue weighted by molar-refractivity contribution is -0.144. The maximum atomic E-state index is 11.4. The summed E-state index contributed by atoms with van der Waals surface area (Å²) in [6.45, 7) is 2.96. The number of aliphatic carboxylic acids is 1. The van der Waals surface area contributed by atoms with Crippen LogP contribution in [-0.4, -0.2) is 17.6 Å². The number of hydrogen-bond acceptors (Lipinski definition) is 2. The summed E-state index contributed by atoms with van der Waals surface area (Å²) in [6, 6.07) is 8.66. The Labute approximate surface area is 135 Å². The zero-order valence-electron chi connectivity index (χ0n) is 12.5. The molecule has 0 bridgehead atoms. The van der Waals surface area contributed by atoms with Crippen LogP contribution in [0.15, 0.2) is 28.7 Å². The van der Waals surface area contributed by atoms with Crippen LogP contribution >= 0.6 is 15.9 Å². The fourth-order valence-corrected chi connectivity index (χ4v) is 3.53. The van der Waals surface area contributed by atoms with Crippen LogP contribution in [-0.2, 0) is 4.79 Å². The molecule has 116 valence electrons. The van der Waals surface area contributed by atoms with Gasteiger partial charge in [0.15, 0.2) is 0 Å². The molecule has 0 heterocycles. The van der Waals surface area contributed by atoms with Crippen molar-refractivity contribution >= 4 is 21.9 Å².